The number of ether oxygens (including phenoxy) is 7. The third kappa shape index (κ3) is 38.5. The lowest BCUT2D eigenvalue weighted by molar-refractivity contribution is -0.161. The molecule has 0 aliphatic carbocycles. The highest BCUT2D eigenvalue weighted by molar-refractivity contribution is 5.96. The van der Waals surface area contributed by atoms with Gasteiger partial charge in [-0.15, -0.1) is 0 Å². The number of nitrogens with one attached hydrogen (secondary N) is 6. The Hall–Kier alpha value is -6.07. The standard InChI is InChI=1S/C56H98N6O18/c1-19-20-33-74-43(65)29-25-38(61-46(68)36(58-42(64)34-75-35(2)3)23-21-22-32-57-51(73)80-56(16,17)18)47(69)60-37(48(70)62-40(50(72)79-55(13,14)15)27-31-45(67)77-53(7,8)9)24-28-41(63)59-39(49(71)78-54(10,11)12)26-30-44(66)76-52(4,5)6/h35-40H,19-34H2,1-18H3,(H,57,73)(H,58,64)(H,59,63)(H,60,69)(H,61,68)(H,62,70). The van der Waals surface area contributed by atoms with Gasteiger partial charge in [-0.25, -0.2) is 14.4 Å². The Kier molecular flexibility index (Phi) is 32.3. The normalized spacial score (nSPS) is 13.9. The molecule has 0 aromatic rings. The molecular formula is C56H98N6O18. The lowest BCUT2D eigenvalue weighted by Gasteiger charge is -2.28. The number of hydrogen-bond donors (Lipinski definition) is 6. The van der Waals surface area contributed by atoms with Crippen molar-refractivity contribution in [2.24, 2.45) is 0 Å². The molecular weight excluding hydrogens is 1040 g/mol. The smallest absolute Gasteiger partial charge is 0.407 e. The van der Waals surface area contributed by atoms with E-state index >= 15 is 0 Å². The number of carbonyl (C=O) groups is 11. The van der Waals surface area contributed by atoms with Gasteiger partial charge in [0.2, 0.25) is 29.5 Å². The van der Waals surface area contributed by atoms with Crippen LogP contribution in [0.4, 0.5) is 4.79 Å². The zero-order chi connectivity index (χ0) is 61.8. The maximum Gasteiger partial charge on any atom is 0.407 e. The lowest BCUT2D eigenvalue weighted by Crippen LogP contribution is -2.58. The SMILES string of the molecule is CCCCOC(=O)CCC(NC(=O)C(CCCCNC(=O)OC(C)(C)C)NC(=O)COC(C)C)C(=O)NC(CCC(=O)NC(CCC(=O)OC(C)(C)C)C(=O)OC(C)(C)C)C(=O)NC(CCC(=O)OC(C)(C)C)C(=O)OC(C)(C)C. The highest BCUT2D eigenvalue weighted by atomic mass is 16.6. The second-order valence-electron chi connectivity index (χ2n) is 24.7. The van der Waals surface area contributed by atoms with E-state index < -0.39 is 150 Å². The number of rotatable bonds is 33. The minimum atomic E-state index is -1.71. The van der Waals surface area contributed by atoms with Crippen LogP contribution in [0.15, 0.2) is 0 Å². The van der Waals surface area contributed by atoms with Crippen LogP contribution in [0.3, 0.4) is 0 Å². The molecule has 460 valence electrons. The molecule has 0 saturated carbocycles. The highest BCUT2D eigenvalue weighted by Gasteiger charge is 2.35. The molecule has 0 aliphatic rings. The molecule has 6 N–H and O–H groups in total. The summed E-state index contributed by atoms with van der Waals surface area (Å²) in [6.07, 6.45) is -2.21. The van der Waals surface area contributed by atoms with E-state index in [-0.39, 0.29) is 64.2 Å². The summed E-state index contributed by atoms with van der Waals surface area (Å²) in [4.78, 5) is 148. The average molecular weight is 1140 g/mol. The summed E-state index contributed by atoms with van der Waals surface area (Å²) in [5.74, 6) is -8.30. The van der Waals surface area contributed by atoms with Gasteiger partial charge in [0.15, 0.2) is 0 Å². The van der Waals surface area contributed by atoms with Crippen molar-refractivity contribution in [3.8, 4) is 0 Å². The average Bonchev–Trinajstić information content (AvgIpc) is 3.27. The minimum Gasteiger partial charge on any atom is -0.466 e. The molecule has 0 bridgehead atoms. The first kappa shape index (κ1) is 73.9. The predicted molar refractivity (Wildman–Crippen MR) is 295 cm³/mol. The van der Waals surface area contributed by atoms with Gasteiger partial charge in [0.05, 0.1) is 12.7 Å². The number of alkyl carbamates (subject to hydrolysis) is 1. The van der Waals surface area contributed by atoms with Gasteiger partial charge >= 0.3 is 35.9 Å². The zero-order valence-electron chi connectivity index (χ0n) is 51.1. The largest absolute Gasteiger partial charge is 0.466 e. The number of amides is 6. The quantitative estimate of drug-likeness (QED) is 0.0274. The van der Waals surface area contributed by atoms with Crippen LogP contribution in [0, 0.1) is 0 Å². The van der Waals surface area contributed by atoms with Crippen molar-refractivity contribution in [3.63, 3.8) is 0 Å². The molecule has 0 heterocycles. The Morgan fingerprint density at radius 3 is 1.20 bits per heavy atom. The third-order valence-electron chi connectivity index (χ3n) is 10.3. The molecule has 24 nitrogen and oxygen atoms in total. The molecule has 0 spiro atoms. The van der Waals surface area contributed by atoms with Crippen LogP contribution >= 0.6 is 0 Å². The van der Waals surface area contributed by atoms with Crippen LogP contribution < -0.4 is 31.9 Å². The molecule has 0 aromatic heterocycles. The zero-order valence-corrected chi connectivity index (χ0v) is 51.1. The lowest BCUT2D eigenvalue weighted by atomic mass is 10.0. The first-order chi connectivity index (χ1) is 36.6. The molecule has 0 radical (unpaired) electrons. The van der Waals surface area contributed by atoms with Gasteiger partial charge in [0.1, 0.15) is 64.8 Å². The van der Waals surface area contributed by atoms with Crippen LogP contribution in [-0.4, -0.2) is 150 Å². The van der Waals surface area contributed by atoms with Gasteiger partial charge in [0, 0.05) is 32.2 Å². The van der Waals surface area contributed by atoms with Gasteiger partial charge in [-0.1, -0.05) is 13.3 Å². The van der Waals surface area contributed by atoms with E-state index in [9.17, 15) is 52.7 Å². The van der Waals surface area contributed by atoms with Crippen LogP contribution in [-0.2, 0) is 81.1 Å². The van der Waals surface area contributed by atoms with Gasteiger partial charge in [-0.3, -0.25) is 38.4 Å². The maximum atomic E-state index is 14.6. The highest BCUT2D eigenvalue weighted by Crippen LogP contribution is 2.17. The summed E-state index contributed by atoms with van der Waals surface area (Å²) < 4.78 is 38.0. The molecule has 0 saturated heterocycles. The van der Waals surface area contributed by atoms with E-state index in [0.717, 1.165) is 0 Å². The third-order valence-corrected chi connectivity index (χ3v) is 10.3. The monoisotopic (exact) mass is 1140 g/mol. The van der Waals surface area contributed by atoms with Gasteiger partial charge in [-0.2, -0.15) is 0 Å². The van der Waals surface area contributed by atoms with E-state index in [4.69, 9.17) is 33.2 Å². The fourth-order valence-electron chi connectivity index (χ4n) is 6.84. The Labute approximate surface area is 474 Å². The second kappa shape index (κ2) is 34.9. The van der Waals surface area contributed by atoms with E-state index in [1.807, 2.05) is 6.92 Å². The second-order valence-corrected chi connectivity index (χ2v) is 24.7. The molecule has 0 aromatic carbocycles. The fourth-order valence-corrected chi connectivity index (χ4v) is 6.84. The number of hydrogen-bond acceptors (Lipinski definition) is 18. The Bertz CT molecular complexity index is 2040. The van der Waals surface area contributed by atoms with Crippen LogP contribution in [0.5, 0.6) is 0 Å². The molecule has 0 rings (SSSR count). The van der Waals surface area contributed by atoms with Gasteiger partial charge in [0.25, 0.3) is 0 Å². The summed E-state index contributed by atoms with van der Waals surface area (Å²) in [6.45, 7) is 29.8. The molecule has 0 fully saturated rings. The summed E-state index contributed by atoms with van der Waals surface area (Å²) in [6, 6.07) is -7.49. The Morgan fingerprint density at radius 2 is 0.775 bits per heavy atom. The number of carbonyl (C=O) groups excluding carboxylic acids is 11. The Balaban J connectivity index is 7.37. The van der Waals surface area contributed by atoms with Crippen molar-refractivity contribution in [1.29, 1.82) is 0 Å². The van der Waals surface area contributed by atoms with Crippen molar-refractivity contribution in [2.45, 2.75) is 272 Å². The molecule has 5 unspecified atom stereocenters. The Morgan fingerprint density at radius 1 is 0.400 bits per heavy atom. The van der Waals surface area contributed by atoms with E-state index in [2.05, 4.69) is 31.9 Å². The summed E-state index contributed by atoms with van der Waals surface area (Å²) in [5.41, 5.74) is -4.54. The van der Waals surface area contributed by atoms with Crippen LogP contribution in [0.25, 0.3) is 0 Å². The van der Waals surface area contributed by atoms with Crippen molar-refractivity contribution in [3.05, 3.63) is 0 Å². The van der Waals surface area contributed by atoms with E-state index in [1.54, 1.807) is 118 Å². The summed E-state index contributed by atoms with van der Waals surface area (Å²) in [7, 11) is 0. The van der Waals surface area contributed by atoms with E-state index in [0.29, 0.717) is 19.3 Å². The van der Waals surface area contributed by atoms with Gasteiger partial charge < -0.3 is 65.1 Å². The fraction of sp³-hybridized carbons (Fsp3) is 0.804. The summed E-state index contributed by atoms with van der Waals surface area (Å²) >= 11 is 0. The summed E-state index contributed by atoms with van der Waals surface area (Å²) in [5, 5.41) is 15.5. The van der Waals surface area contributed by atoms with Crippen molar-refractivity contribution < 1.29 is 85.9 Å². The number of unbranched alkanes of at least 4 members (excludes halogenated alkanes) is 2. The van der Waals surface area contributed by atoms with E-state index in [1.165, 1.54) is 0 Å². The van der Waals surface area contributed by atoms with Crippen LogP contribution in [0.1, 0.15) is 208 Å². The topological polar surface area (TPSA) is 325 Å². The first-order valence-corrected chi connectivity index (χ1v) is 27.7. The first-order valence-electron chi connectivity index (χ1n) is 27.7. The molecule has 24 heteroatoms. The molecule has 6 amide bonds. The van der Waals surface area contributed by atoms with Crippen molar-refractivity contribution >= 4 is 65.5 Å². The van der Waals surface area contributed by atoms with Crippen molar-refractivity contribution in [1.82, 2.24) is 31.9 Å². The number of esters is 5. The van der Waals surface area contributed by atoms with Crippen LogP contribution in [0.2, 0.25) is 0 Å². The van der Waals surface area contributed by atoms with Gasteiger partial charge in [-0.05, 0) is 169 Å². The minimum absolute atomic E-state index is 0.000202. The maximum absolute atomic E-state index is 14.6. The van der Waals surface area contributed by atoms with Crippen molar-refractivity contribution in [2.75, 3.05) is 19.8 Å². The molecule has 5 atom stereocenters. The molecule has 80 heavy (non-hydrogen) atoms. The molecule has 0 aliphatic heterocycles. The predicted octanol–water partition coefficient (Wildman–Crippen LogP) is 5.36.